The Kier molecular flexibility index (Phi) is 2.25. The number of hydrogen-bond donors (Lipinski definition) is 0. The van der Waals surface area contributed by atoms with Crippen LogP contribution in [-0.2, 0) is 0 Å². The van der Waals surface area contributed by atoms with Crippen LogP contribution in [0.1, 0.15) is 5.56 Å². The van der Waals surface area contributed by atoms with Crippen molar-refractivity contribution < 1.29 is 0 Å². The second-order valence-electron chi connectivity index (χ2n) is 3.37. The summed E-state index contributed by atoms with van der Waals surface area (Å²) < 4.78 is 0. The van der Waals surface area contributed by atoms with Crippen LogP contribution < -0.4 is 0 Å². The normalized spacial score (nSPS) is 10.2. The molecule has 0 spiro atoms. The zero-order valence-corrected chi connectivity index (χ0v) is 8.10. The summed E-state index contributed by atoms with van der Waals surface area (Å²) >= 11 is 0. The van der Waals surface area contributed by atoms with Crippen molar-refractivity contribution in [2.24, 2.45) is 10.4 Å². The van der Waals surface area contributed by atoms with Gasteiger partial charge in [0.15, 0.2) is 0 Å². The minimum Gasteiger partial charge on any atom is -0.145 e. The molecule has 0 heterocycles. The highest BCUT2D eigenvalue weighted by Gasteiger charge is 2.05. The predicted octanol–water partition coefficient (Wildman–Crippen LogP) is 3.94. The maximum absolute atomic E-state index is 10.6. The Morgan fingerprint density at radius 2 is 1.80 bits per heavy atom. The van der Waals surface area contributed by atoms with Crippen LogP contribution in [-0.4, -0.2) is 0 Å². The van der Waals surface area contributed by atoms with Crippen molar-refractivity contribution in [3.63, 3.8) is 0 Å². The molecule has 0 aliphatic rings. The summed E-state index contributed by atoms with van der Waals surface area (Å²) in [7, 11) is 0. The highest BCUT2D eigenvalue weighted by molar-refractivity contribution is 5.95. The number of hydrogen-bond acceptors (Lipinski definition) is 4. The van der Waals surface area contributed by atoms with Crippen LogP contribution in [0.5, 0.6) is 0 Å². The minimum absolute atomic E-state index is 0.223. The van der Waals surface area contributed by atoms with Gasteiger partial charge in [-0.25, -0.2) is 0 Å². The fourth-order valence-corrected chi connectivity index (χ4v) is 1.56. The van der Waals surface area contributed by atoms with Crippen LogP contribution in [0.15, 0.2) is 40.7 Å². The van der Waals surface area contributed by atoms with Gasteiger partial charge in [-0.2, -0.15) is 0 Å². The minimum atomic E-state index is 0.223. The summed E-state index contributed by atoms with van der Waals surface area (Å²) in [5.41, 5.74) is 1.52. The van der Waals surface area contributed by atoms with E-state index in [0.29, 0.717) is 0 Å². The second-order valence-corrected chi connectivity index (χ2v) is 3.37. The first kappa shape index (κ1) is 9.45. The first-order valence-electron chi connectivity index (χ1n) is 4.46. The van der Waals surface area contributed by atoms with E-state index in [2.05, 4.69) is 10.4 Å². The third kappa shape index (κ3) is 1.61. The van der Waals surface area contributed by atoms with Gasteiger partial charge in [0.1, 0.15) is 11.4 Å². The Labute approximate surface area is 85.9 Å². The fourth-order valence-electron chi connectivity index (χ4n) is 1.56. The molecule has 0 aromatic heterocycles. The number of aryl methyl sites for hydroxylation is 1. The predicted molar refractivity (Wildman–Crippen MR) is 59.6 cm³/mol. The van der Waals surface area contributed by atoms with E-state index in [9.17, 15) is 9.81 Å². The van der Waals surface area contributed by atoms with Gasteiger partial charge in [-0.05, 0) is 40.9 Å². The lowest BCUT2D eigenvalue weighted by molar-refractivity contribution is 1.45. The summed E-state index contributed by atoms with van der Waals surface area (Å²) in [6.45, 7) is 1.93. The van der Waals surface area contributed by atoms with Crippen LogP contribution in [0.3, 0.4) is 0 Å². The average Bonchev–Trinajstić information content (AvgIpc) is 2.27. The molecule has 0 radical (unpaired) electrons. The molecule has 0 atom stereocenters. The molecule has 2 aromatic carbocycles. The first-order valence-corrected chi connectivity index (χ1v) is 4.46. The molecule has 0 saturated carbocycles. The lowest BCUT2D eigenvalue weighted by Gasteiger charge is -2.01. The molecule has 0 saturated heterocycles. The third-order valence-corrected chi connectivity index (χ3v) is 2.28. The third-order valence-electron chi connectivity index (χ3n) is 2.28. The number of rotatable bonds is 2. The van der Waals surface area contributed by atoms with E-state index in [1.807, 2.05) is 25.1 Å². The molecule has 0 aliphatic carbocycles. The standard InChI is InChI=1S/C11H8N2O2/c1-7-2-3-8-5-9(12-14)6-11(13-15)10(8)4-7/h2-6H,1H3. The Morgan fingerprint density at radius 3 is 2.47 bits per heavy atom. The van der Waals surface area contributed by atoms with Crippen molar-refractivity contribution in [1.82, 2.24) is 0 Å². The summed E-state index contributed by atoms with van der Waals surface area (Å²) in [6, 6.07) is 8.64. The van der Waals surface area contributed by atoms with Crippen molar-refractivity contribution in [3.8, 4) is 0 Å². The first-order chi connectivity index (χ1) is 7.24. The molecule has 0 amide bonds. The quantitative estimate of drug-likeness (QED) is 0.689. The lowest BCUT2D eigenvalue weighted by atomic mass is 10.1. The van der Waals surface area contributed by atoms with E-state index < -0.39 is 0 Å². The fraction of sp³-hybridized carbons (Fsp3) is 0.0909. The summed E-state index contributed by atoms with van der Waals surface area (Å²) in [5.74, 6) is 0. The van der Waals surface area contributed by atoms with Gasteiger partial charge in [0.25, 0.3) is 0 Å². The van der Waals surface area contributed by atoms with Gasteiger partial charge < -0.3 is 0 Å². The Bertz CT molecular complexity index is 550. The molecule has 0 fully saturated rings. The summed E-state index contributed by atoms with van der Waals surface area (Å²) in [4.78, 5) is 21.0. The number of fused-ring (bicyclic) bond motifs is 1. The second kappa shape index (κ2) is 3.57. The molecular formula is C11H8N2O2. The van der Waals surface area contributed by atoms with Gasteiger partial charge in [-0.1, -0.05) is 17.7 Å². The van der Waals surface area contributed by atoms with Crippen LogP contribution >= 0.6 is 0 Å². The van der Waals surface area contributed by atoms with E-state index in [1.165, 1.54) is 6.07 Å². The molecule has 2 rings (SSSR count). The van der Waals surface area contributed by atoms with E-state index in [-0.39, 0.29) is 11.4 Å². The molecule has 15 heavy (non-hydrogen) atoms. The van der Waals surface area contributed by atoms with Crippen LogP contribution in [0.2, 0.25) is 0 Å². The molecule has 0 unspecified atom stereocenters. The highest BCUT2D eigenvalue weighted by atomic mass is 16.3. The van der Waals surface area contributed by atoms with E-state index in [4.69, 9.17) is 0 Å². The molecule has 74 valence electrons. The monoisotopic (exact) mass is 200 g/mol. The van der Waals surface area contributed by atoms with Crippen molar-refractivity contribution in [2.45, 2.75) is 6.92 Å². The van der Waals surface area contributed by atoms with Gasteiger partial charge in [-0.15, -0.1) is 9.81 Å². The Balaban J connectivity index is 2.86. The maximum atomic E-state index is 10.6. The van der Waals surface area contributed by atoms with Crippen LogP contribution in [0.25, 0.3) is 10.8 Å². The number of nitrogens with zero attached hydrogens (tertiary/aromatic N) is 2. The van der Waals surface area contributed by atoms with Crippen molar-refractivity contribution >= 4 is 22.1 Å². The lowest BCUT2D eigenvalue weighted by Crippen LogP contribution is -1.76. The van der Waals surface area contributed by atoms with Gasteiger partial charge in [0, 0.05) is 5.39 Å². The highest BCUT2D eigenvalue weighted by Crippen LogP contribution is 2.31. The molecule has 0 aliphatic heterocycles. The Hall–Kier alpha value is -2.10. The van der Waals surface area contributed by atoms with Gasteiger partial charge in [0.2, 0.25) is 0 Å². The molecule has 0 bridgehead atoms. The molecule has 4 heteroatoms. The van der Waals surface area contributed by atoms with Gasteiger partial charge in [0.05, 0.1) is 0 Å². The van der Waals surface area contributed by atoms with Gasteiger partial charge >= 0.3 is 0 Å². The number of benzene rings is 2. The van der Waals surface area contributed by atoms with E-state index in [0.717, 1.165) is 16.3 Å². The van der Waals surface area contributed by atoms with E-state index >= 15 is 0 Å². The largest absolute Gasteiger partial charge is 0.145 e. The van der Waals surface area contributed by atoms with Crippen LogP contribution in [0, 0.1) is 16.7 Å². The van der Waals surface area contributed by atoms with Crippen molar-refractivity contribution in [3.05, 3.63) is 45.7 Å². The zero-order chi connectivity index (χ0) is 10.8. The van der Waals surface area contributed by atoms with Crippen molar-refractivity contribution in [2.75, 3.05) is 0 Å². The Morgan fingerprint density at radius 1 is 1.00 bits per heavy atom. The molecule has 4 nitrogen and oxygen atoms in total. The smallest absolute Gasteiger partial charge is 0.118 e. The maximum Gasteiger partial charge on any atom is 0.118 e. The van der Waals surface area contributed by atoms with Crippen LogP contribution in [0.4, 0.5) is 11.4 Å². The zero-order valence-electron chi connectivity index (χ0n) is 8.10. The molecular weight excluding hydrogens is 192 g/mol. The number of nitroso groups, excluding NO2 is 2. The van der Waals surface area contributed by atoms with Crippen molar-refractivity contribution in [1.29, 1.82) is 0 Å². The SMILES string of the molecule is Cc1ccc2cc(N=O)cc(N=O)c2c1. The summed E-state index contributed by atoms with van der Waals surface area (Å²) in [6.07, 6.45) is 0. The topological polar surface area (TPSA) is 58.9 Å². The molecule has 2 aromatic rings. The molecule has 0 N–H and O–H groups in total. The van der Waals surface area contributed by atoms with E-state index in [1.54, 1.807) is 6.07 Å². The average molecular weight is 200 g/mol. The van der Waals surface area contributed by atoms with Gasteiger partial charge in [-0.3, -0.25) is 0 Å². The summed E-state index contributed by atoms with van der Waals surface area (Å²) in [5, 5.41) is 7.25.